The zero-order valence-corrected chi connectivity index (χ0v) is 12.4. The molecular formula is C16H27N3. The molecule has 1 fully saturated rings. The first-order chi connectivity index (χ1) is 9.00. The Labute approximate surface area is 117 Å². The van der Waals surface area contributed by atoms with Gasteiger partial charge in [-0.15, -0.1) is 0 Å². The van der Waals surface area contributed by atoms with Gasteiger partial charge >= 0.3 is 0 Å². The number of rotatable bonds is 4. The highest BCUT2D eigenvalue weighted by molar-refractivity contribution is 5.38. The van der Waals surface area contributed by atoms with Gasteiger partial charge in [-0.2, -0.15) is 0 Å². The minimum absolute atomic E-state index is 0.157. The average Bonchev–Trinajstić information content (AvgIpc) is 2.89. The second-order valence-electron chi connectivity index (χ2n) is 6.71. The molecule has 106 valence electrons. The molecule has 0 amide bonds. The Bertz CT molecular complexity index is 385. The highest BCUT2D eigenvalue weighted by Crippen LogP contribution is 2.29. The van der Waals surface area contributed by atoms with Crippen molar-refractivity contribution in [2.45, 2.75) is 57.9 Å². The third-order valence-corrected chi connectivity index (χ3v) is 4.19. The second-order valence-corrected chi connectivity index (χ2v) is 6.71. The lowest BCUT2D eigenvalue weighted by atomic mass is 9.88. The molecular weight excluding hydrogens is 234 g/mol. The summed E-state index contributed by atoms with van der Waals surface area (Å²) >= 11 is 0. The fourth-order valence-electron chi connectivity index (χ4n) is 2.84. The number of aromatic nitrogens is 1. The van der Waals surface area contributed by atoms with Crippen molar-refractivity contribution in [3.8, 4) is 0 Å². The number of anilines is 1. The summed E-state index contributed by atoms with van der Waals surface area (Å²) in [5.41, 5.74) is 7.33. The number of hydrogen-bond donors (Lipinski definition) is 2. The van der Waals surface area contributed by atoms with Crippen LogP contribution in [0.3, 0.4) is 0 Å². The van der Waals surface area contributed by atoms with Crippen molar-refractivity contribution in [2.24, 2.45) is 11.7 Å². The summed E-state index contributed by atoms with van der Waals surface area (Å²) in [6.45, 7) is 7.31. The Morgan fingerprint density at radius 2 is 2.00 bits per heavy atom. The van der Waals surface area contributed by atoms with Gasteiger partial charge in [-0.3, -0.25) is 0 Å². The third-order valence-electron chi connectivity index (χ3n) is 4.19. The van der Waals surface area contributed by atoms with Gasteiger partial charge in [0.2, 0.25) is 0 Å². The fourth-order valence-corrected chi connectivity index (χ4v) is 2.84. The summed E-state index contributed by atoms with van der Waals surface area (Å²) in [4.78, 5) is 4.54. The second kappa shape index (κ2) is 5.91. The number of nitrogens with one attached hydrogen (secondary N) is 1. The summed E-state index contributed by atoms with van der Waals surface area (Å²) in [7, 11) is 0. The molecule has 0 bridgehead atoms. The molecule has 1 unspecified atom stereocenters. The van der Waals surface area contributed by atoms with Crippen LogP contribution in [0, 0.1) is 5.92 Å². The van der Waals surface area contributed by atoms with Gasteiger partial charge in [-0.1, -0.05) is 39.7 Å². The topological polar surface area (TPSA) is 50.9 Å². The van der Waals surface area contributed by atoms with Crippen molar-refractivity contribution in [3.05, 3.63) is 23.9 Å². The molecule has 3 N–H and O–H groups in total. The number of hydrogen-bond acceptors (Lipinski definition) is 3. The summed E-state index contributed by atoms with van der Waals surface area (Å²) in [6, 6.07) is 4.62. The molecule has 19 heavy (non-hydrogen) atoms. The SMILES string of the molecule is CC(C)(C)c1ccc(NC(CN)C2CCCC2)nc1. The molecule has 2 rings (SSSR count). The number of nitrogens with zero attached hydrogens (tertiary/aromatic N) is 1. The van der Waals surface area contributed by atoms with Crippen molar-refractivity contribution >= 4 is 5.82 Å². The van der Waals surface area contributed by atoms with Gasteiger partial charge in [0.1, 0.15) is 5.82 Å². The van der Waals surface area contributed by atoms with E-state index in [0.29, 0.717) is 18.5 Å². The predicted octanol–water partition coefficient (Wildman–Crippen LogP) is 3.31. The Hall–Kier alpha value is -1.09. The minimum atomic E-state index is 0.157. The monoisotopic (exact) mass is 261 g/mol. The van der Waals surface area contributed by atoms with Crippen LogP contribution in [0.4, 0.5) is 5.82 Å². The van der Waals surface area contributed by atoms with Crippen LogP contribution in [-0.2, 0) is 5.41 Å². The van der Waals surface area contributed by atoms with Gasteiger partial charge in [-0.05, 0) is 35.8 Å². The molecule has 0 saturated heterocycles. The van der Waals surface area contributed by atoms with E-state index in [2.05, 4.69) is 43.2 Å². The molecule has 0 aliphatic heterocycles. The van der Waals surface area contributed by atoms with Crippen LogP contribution in [0.1, 0.15) is 52.0 Å². The standard InChI is InChI=1S/C16H27N3/c1-16(2,3)13-8-9-15(18-11-13)19-14(10-17)12-6-4-5-7-12/h8-9,11-12,14H,4-7,10,17H2,1-3H3,(H,18,19). The lowest BCUT2D eigenvalue weighted by Gasteiger charge is -2.24. The largest absolute Gasteiger partial charge is 0.366 e. The van der Waals surface area contributed by atoms with E-state index >= 15 is 0 Å². The van der Waals surface area contributed by atoms with Crippen LogP contribution < -0.4 is 11.1 Å². The zero-order valence-electron chi connectivity index (χ0n) is 12.4. The average molecular weight is 261 g/mol. The molecule has 1 aromatic rings. The van der Waals surface area contributed by atoms with Gasteiger partial charge in [-0.25, -0.2) is 4.98 Å². The summed E-state index contributed by atoms with van der Waals surface area (Å²) in [6.07, 6.45) is 7.27. The van der Waals surface area contributed by atoms with Crippen LogP contribution in [0.5, 0.6) is 0 Å². The van der Waals surface area contributed by atoms with E-state index in [0.717, 1.165) is 5.82 Å². The molecule has 0 radical (unpaired) electrons. The number of nitrogens with two attached hydrogens (primary N) is 1. The Balaban J connectivity index is 2.01. The van der Waals surface area contributed by atoms with Crippen LogP contribution in [0.15, 0.2) is 18.3 Å². The Kier molecular flexibility index (Phi) is 4.46. The lowest BCUT2D eigenvalue weighted by Crippen LogP contribution is -2.35. The molecule has 1 heterocycles. The highest BCUT2D eigenvalue weighted by atomic mass is 15.0. The molecule has 3 heteroatoms. The maximum Gasteiger partial charge on any atom is 0.126 e. The van der Waals surface area contributed by atoms with Crippen LogP contribution >= 0.6 is 0 Å². The molecule has 1 aliphatic carbocycles. The summed E-state index contributed by atoms with van der Waals surface area (Å²) in [5, 5.41) is 3.51. The first-order valence-electron chi connectivity index (χ1n) is 7.44. The maximum absolute atomic E-state index is 5.91. The highest BCUT2D eigenvalue weighted by Gasteiger charge is 2.24. The van der Waals surface area contributed by atoms with Gasteiger partial charge in [0.25, 0.3) is 0 Å². The van der Waals surface area contributed by atoms with E-state index in [-0.39, 0.29) is 5.41 Å². The van der Waals surface area contributed by atoms with Gasteiger partial charge in [0.15, 0.2) is 0 Å². The van der Waals surface area contributed by atoms with E-state index in [1.165, 1.54) is 31.2 Å². The Morgan fingerprint density at radius 1 is 1.32 bits per heavy atom. The summed E-state index contributed by atoms with van der Waals surface area (Å²) < 4.78 is 0. The van der Waals surface area contributed by atoms with Crippen molar-refractivity contribution in [3.63, 3.8) is 0 Å². The molecule has 0 aromatic carbocycles. The molecule has 1 atom stereocenters. The maximum atomic E-state index is 5.91. The van der Waals surface area contributed by atoms with E-state index in [1.807, 2.05) is 6.20 Å². The predicted molar refractivity (Wildman–Crippen MR) is 81.4 cm³/mol. The third kappa shape index (κ3) is 3.69. The van der Waals surface area contributed by atoms with E-state index in [4.69, 9.17) is 5.73 Å². The van der Waals surface area contributed by atoms with Gasteiger partial charge < -0.3 is 11.1 Å². The Morgan fingerprint density at radius 3 is 2.47 bits per heavy atom. The van der Waals surface area contributed by atoms with E-state index in [9.17, 15) is 0 Å². The van der Waals surface area contributed by atoms with Crippen molar-refractivity contribution < 1.29 is 0 Å². The molecule has 1 aromatic heterocycles. The zero-order chi connectivity index (χ0) is 13.9. The fraction of sp³-hybridized carbons (Fsp3) is 0.688. The molecule has 1 aliphatic rings. The van der Waals surface area contributed by atoms with Crippen molar-refractivity contribution in [1.29, 1.82) is 0 Å². The first kappa shape index (κ1) is 14.3. The lowest BCUT2D eigenvalue weighted by molar-refractivity contribution is 0.461. The van der Waals surface area contributed by atoms with Crippen LogP contribution in [-0.4, -0.2) is 17.6 Å². The molecule has 1 saturated carbocycles. The normalized spacial score (nSPS) is 18.5. The summed E-state index contributed by atoms with van der Waals surface area (Å²) in [5.74, 6) is 1.67. The number of pyridine rings is 1. The van der Waals surface area contributed by atoms with Crippen molar-refractivity contribution in [2.75, 3.05) is 11.9 Å². The van der Waals surface area contributed by atoms with E-state index < -0.39 is 0 Å². The quantitative estimate of drug-likeness (QED) is 0.874. The first-order valence-corrected chi connectivity index (χ1v) is 7.44. The van der Waals surface area contributed by atoms with Crippen LogP contribution in [0.2, 0.25) is 0 Å². The smallest absolute Gasteiger partial charge is 0.126 e. The molecule has 3 nitrogen and oxygen atoms in total. The molecule has 0 spiro atoms. The van der Waals surface area contributed by atoms with Gasteiger partial charge in [0, 0.05) is 18.8 Å². The van der Waals surface area contributed by atoms with Gasteiger partial charge in [0.05, 0.1) is 0 Å². The van der Waals surface area contributed by atoms with Crippen molar-refractivity contribution in [1.82, 2.24) is 4.98 Å². The van der Waals surface area contributed by atoms with Crippen LogP contribution in [0.25, 0.3) is 0 Å². The van der Waals surface area contributed by atoms with E-state index in [1.54, 1.807) is 0 Å². The minimum Gasteiger partial charge on any atom is -0.366 e.